The number of ether oxygens (including phenoxy) is 1. The number of alkyl halides is 6. The van der Waals surface area contributed by atoms with Gasteiger partial charge in [-0.2, -0.15) is 26.3 Å². The summed E-state index contributed by atoms with van der Waals surface area (Å²) in [5.74, 6) is 0. The number of nitrogens with zero attached hydrogens (tertiary/aromatic N) is 1. The van der Waals surface area contributed by atoms with Crippen molar-refractivity contribution in [3.05, 3.63) is 59.7 Å². The number of likely N-dealkylation sites (N-methyl/N-ethyl adjacent to an activating group) is 1. The van der Waals surface area contributed by atoms with Crippen molar-refractivity contribution in [2.75, 3.05) is 20.2 Å². The van der Waals surface area contributed by atoms with Crippen molar-refractivity contribution in [1.29, 1.82) is 0 Å². The molecule has 0 fully saturated rings. The van der Waals surface area contributed by atoms with Gasteiger partial charge in [-0.05, 0) is 58.0 Å². The van der Waals surface area contributed by atoms with E-state index in [1.54, 1.807) is 6.08 Å². The summed E-state index contributed by atoms with van der Waals surface area (Å²) in [6.45, 7) is 13.4. The third-order valence-electron chi connectivity index (χ3n) is 4.74. The Kier molecular flexibility index (Phi) is 8.13. The van der Waals surface area contributed by atoms with E-state index in [4.69, 9.17) is 4.74 Å². The van der Waals surface area contributed by atoms with Crippen LogP contribution in [0.4, 0.5) is 26.3 Å². The number of halogens is 6. The average molecular weight is 423 g/mol. The highest BCUT2D eigenvalue weighted by atomic mass is 19.4. The topological polar surface area (TPSA) is 12.5 Å². The van der Waals surface area contributed by atoms with Gasteiger partial charge in [0.05, 0.1) is 23.8 Å². The Bertz CT molecular complexity index is 693. The summed E-state index contributed by atoms with van der Waals surface area (Å²) in [6, 6.07) is 1.50. The molecule has 1 aromatic rings. The first kappa shape index (κ1) is 25.2. The van der Waals surface area contributed by atoms with Crippen LogP contribution in [0.25, 0.3) is 0 Å². The Morgan fingerprint density at radius 1 is 1.10 bits per heavy atom. The molecule has 0 amide bonds. The van der Waals surface area contributed by atoms with Crippen LogP contribution in [0.15, 0.2) is 43.0 Å². The van der Waals surface area contributed by atoms with Gasteiger partial charge in [0.25, 0.3) is 0 Å². The second-order valence-corrected chi connectivity index (χ2v) is 7.60. The van der Waals surface area contributed by atoms with Crippen LogP contribution in [0.5, 0.6) is 0 Å². The smallest absolute Gasteiger partial charge is 0.372 e. The fourth-order valence-corrected chi connectivity index (χ4v) is 2.85. The van der Waals surface area contributed by atoms with Gasteiger partial charge in [0, 0.05) is 12.1 Å². The Hall–Kier alpha value is -1.80. The van der Waals surface area contributed by atoms with Gasteiger partial charge in [0.15, 0.2) is 0 Å². The van der Waals surface area contributed by atoms with Crippen LogP contribution in [-0.2, 0) is 17.1 Å². The predicted octanol–water partition coefficient (Wildman–Crippen LogP) is 6.64. The first-order valence-corrected chi connectivity index (χ1v) is 8.97. The molecular weight excluding hydrogens is 396 g/mol. The molecule has 0 N–H and O–H groups in total. The Morgan fingerprint density at radius 2 is 1.59 bits per heavy atom. The molecule has 8 heteroatoms. The van der Waals surface area contributed by atoms with E-state index < -0.39 is 35.1 Å². The lowest BCUT2D eigenvalue weighted by atomic mass is 9.96. The second-order valence-electron chi connectivity index (χ2n) is 7.60. The largest absolute Gasteiger partial charge is 0.416 e. The lowest BCUT2D eigenvalue weighted by molar-refractivity contribution is -0.143. The molecule has 2 nitrogen and oxygen atoms in total. The lowest BCUT2D eigenvalue weighted by Crippen LogP contribution is -2.48. The van der Waals surface area contributed by atoms with E-state index in [-0.39, 0.29) is 18.2 Å². The maximum absolute atomic E-state index is 13.1. The predicted molar refractivity (Wildman–Crippen MR) is 101 cm³/mol. The molecule has 0 saturated carbocycles. The Labute approximate surface area is 167 Å². The molecule has 0 radical (unpaired) electrons. The van der Waals surface area contributed by atoms with E-state index in [0.717, 1.165) is 5.57 Å². The van der Waals surface area contributed by atoms with Crippen LogP contribution in [0.2, 0.25) is 0 Å². The van der Waals surface area contributed by atoms with Gasteiger partial charge in [-0.1, -0.05) is 18.2 Å². The minimum atomic E-state index is -4.89. The monoisotopic (exact) mass is 423 g/mol. The second kappa shape index (κ2) is 9.34. The molecule has 2 atom stereocenters. The highest BCUT2D eigenvalue weighted by Crippen LogP contribution is 2.38. The highest BCUT2D eigenvalue weighted by Gasteiger charge is 2.37. The minimum Gasteiger partial charge on any atom is -0.372 e. The summed E-state index contributed by atoms with van der Waals surface area (Å²) < 4.78 is 84.1. The summed E-state index contributed by atoms with van der Waals surface area (Å²) >= 11 is 0. The molecule has 0 unspecified atom stereocenters. The quantitative estimate of drug-likeness (QED) is 0.326. The molecule has 1 rings (SSSR count). The molecule has 0 aromatic heterocycles. The van der Waals surface area contributed by atoms with Gasteiger partial charge in [-0.3, -0.25) is 4.90 Å². The lowest BCUT2D eigenvalue weighted by Gasteiger charge is -2.39. The zero-order valence-electron chi connectivity index (χ0n) is 17.0. The van der Waals surface area contributed by atoms with E-state index in [1.807, 2.05) is 25.8 Å². The zero-order chi connectivity index (χ0) is 22.6. The van der Waals surface area contributed by atoms with Crippen LogP contribution in [0, 0.1) is 0 Å². The molecule has 164 valence electrons. The minimum absolute atomic E-state index is 0.0849. The standard InChI is InChI=1S/C21H27F6NO/c1-7-8-19(5,28(6)12-14(2)3)13-29-15(4)16-9-17(20(22,23)24)11-18(10-16)21(25,26)27/h7,9-11,15H,1-2,8,12-13H2,3-6H3/t15-,19-/m1/s1. The van der Waals surface area contributed by atoms with Gasteiger partial charge in [-0.15, -0.1) is 6.58 Å². The summed E-state index contributed by atoms with van der Waals surface area (Å²) in [4.78, 5) is 1.97. The molecule has 0 aliphatic heterocycles. The van der Waals surface area contributed by atoms with Gasteiger partial charge >= 0.3 is 12.4 Å². The normalized spacial score (nSPS) is 15.8. The van der Waals surface area contributed by atoms with Crippen LogP contribution in [-0.4, -0.2) is 30.6 Å². The van der Waals surface area contributed by atoms with Crippen molar-refractivity contribution in [2.45, 2.75) is 51.2 Å². The number of rotatable bonds is 9. The fourth-order valence-electron chi connectivity index (χ4n) is 2.85. The van der Waals surface area contributed by atoms with Crippen LogP contribution < -0.4 is 0 Å². The van der Waals surface area contributed by atoms with Crippen LogP contribution in [0.1, 0.15) is 50.0 Å². The van der Waals surface area contributed by atoms with E-state index in [1.165, 1.54) is 6.92 Å². The molecule has 0 spiro atoms. The maximum Gasteiger partial charge on any atom is 0.416 e. The van der Waals surface area contributed by atoms with Crippen molar-refractivity contribution in [2.24, 2.45) is 0 Å². The molecule has 29 heavy (non-hydrogen) atoms. The van der Waals surface area contributed by atoms with Crippen LogP contribution in [0.3, 0.4) is 0 Å². The average Bonchev–Trinajstić information content (AvgIpc) is 2.57. The van der Waals surface area contributed by atoms with Gasteiger partial charge in [0.2, 0.25) is 0 Å². The fraction of sp³-hybridized carbons (Fsp3) is 0.524. The molecule has 0 heterocycles. The first-order chi connectivity index (χ1) is 13.1. The summed E-state index contributed by atoms with van der Waals surface area (Å²) in [6.07, 6.45) is -8.56. The third kappa shape index (κ3) is 7.19. The van der Waals surface area contributed by atoms with E-state index in [0.29, 0.717) is 25.1 Å². The number of hydrogen-bond acceptors (Lipinski definition) is 2. The van der Waals surface area contributed by atoms with Crippen molar-refractivity contribution in [1.82, 2.24) is 4.90 Å². The third-order valence-corrected chi connectivity index (χ3v) is 4.74. The molecule has 0 aliphatic rings. The summed E-state index contributed by atoms with van der Waals surface area (Å²) in [5.41, 5.74) is -2.54. The van der Waals surface area contributed by atoms with Crippen molar-refractivity contribution < 1.29 is 31.1 Å². The molecular formula is C21H27F6NO. The van der Waals surface area contributed by atoms with Gasteiger partial charge in [0.1, 0.15) is 0 Å². The van der Waals surface area contributed by atoms with Crippen molar-refractivity contribution in [3.63, 3.8) is 0 Å². The van der Waals surface area contributed by atoms with Crippen molar-refractivity contribution in [3.8, 4) is 0 Å². The van der Waals surface area contributed by atoms with Gasteiger partial charge < -0.3 is 4.74 Å². The Morgan fingerprint density at radius 3 is 1.97 bits per heavy atom. The van der Waals surface area contributed by atoms with E-state index in [9.17, 15) is 26.3 Å². The van der Waals surface area contributed by atoms with Gasteiger partial charge in [-0.25, -0.2) is 0 Å². The summed E-state index contributed by atoms with van der Waals surface area (Å²) in [7, 11) is 1.85. The zero-order valence-corrected chi connectivity index (χ0v) is 17.0. The first-order valence-electron chi connectivity index (χ1n) is 8.97. The van der Waals surface area contributed by atoms with Crippen LogP contribution >= 0.6 is 0 Å². The van der Waals surface area contributed by atoms with E-state index >= 15 is 0 Å². The van der Waals surface area contributed by atoms with E-state index in [2.05, 4.69) is 13.2 Å². The SMILES string of the molecule is C=CC[C@](C)(CO[C@H](C)c1cc(C(F)(F)F)cc(C(F)(F)F)c1)N(C)CC(=C)C. The molecule has 0 bridgehead atoms. The molecule has 0 saturated heterocycles. The number of hydrogen-bond donors (Lipinski definition) is 0. The maximum atomic E-state index is 13.1. The Balaban J connectivity index is 3.15. The molecule has 1 aromatic carbocycles. The summed E-state index contributed by atoms with van der Waals surface area (Å²) in [5, 5.41) is 0. The number of benzene rings is 1. The van der Waals surface area contributed by atoms with Crippen molar-refractivity contribution >= 4 is 0 Å². The molecule has 0 aliphatic carbocycles. The highest BCUT2D eigenvalue weighted by molar-refractivity contribution is 5.34.